The third kappa shape index (κ3) is 2.55. The van der Waals surface area contributed by atoms with Crippen molar-refractivity contribution in [3.8, 4) is 17.0 Å². The first-order chi connectivity index (χ1) is 12.2. The van der Waals surface area contributed by atoms with E-state index in [4.69, 9.17) is 9.47 Å². The molecule has 2 heterocycles. The number of aromatic nitrogens is 1. The van der Waals surface area contributed by atoms with Crippen LogP contribution in [0, 0.1) is 0 Å². The Morgan fingerprint density at radius 1 is 1.32 bits per heavy atom. The number of fused-ring (bicyclic) bond motifs is 5. The molecule has 25 heavy (non-hydrogen) atoms. The smallest absolute Gasteiger partial charge is 0.348 e. The molecule has 1 N–H and O–H groups in total. The summed E-state index contributed by atoms with van der Waals surface area (Å²) in [6.45, 7) is 2.24. The van der Waals surface area contributed by atoms with E-state index in [1.54, 1.807) is 30.2 Å². The standard InChI is InChI=1S/C19H19NO3S2/c1-4-23-18(21)17-12-7-6-11-13-9-10(22-2)5-8-14(13)20-16(11)15(12)19(24-3)25-17/h5,8-9,20H,4,6-7H2,1-3H3. The molecule has 0 atom stereocenters. The highest BCUT2D eigenvalue weighted by atomic mass is 32.2. The van der Waals surface area contributed by atoms with Crippen molar-refractivity contribution in [2.24, 2.45) is 0 Å². The number of esters is 1. The zero-order valence-corrected chi connectivity index (χ0v) is 16.0. The number of thioether (sulfide) groups is 1. The molecule has 1 aliphatic rings. The first-order valence-electron chi connectivity index (χ1n) is 8.23. The van der Waals surface area contributed by atoms with Crippen molar-refractivity contribution in [1.29, 1.82) is 0 Å². The average Bonchev–Trinajstić information content (AvgIpc) is 3.19. The van der Waals surface area contributed by atoms with Gasteiger partial charge in [0.1, 0.15) is 10.6 Å². The fourth-order valence-corrected chi connectivity index (χ4v) is 5.51. The fourth-order valence-electron chi connectivity index (χ4n) is 3.52. The molecule has 0 aliphatic heterocycles. The molecule has 0 bridgehead atoms. The second-order valence-electron chi connectivity index (χ2n) is 5.89. The van der Waals surface area contributed by atoms with Gasteiger partial charge in [0.25, 0.3) is 0 Å². The molecule has 0 amide bonds. The van der Waals surface area contributed by atoms with Crippen molar-refractivity contribution in [3.05, 3.63) is 34.2 Å². The monoisotopic (exact) mass is 373 g/mol. The lowest BCUT2D eigenvalue weighted by molar-refractivity contribution is 0.0531. The van der Waals surface area contributed by atoms with Crippen LogP contribution in [0.1, 0.15) is 27.7 Å². The first kappa shape index (κ1) is 16.5. The van der Waals surface area contributed by atoms with Gasteiger partial charge in [-0.15, -0.1) is 23.1 Å². The Hall–Kier alpha value is -1.92. The Labute approximate surface area is 154 Å². The van der Waals surface area contributed by atoms with Crippen LogP contribution in [0.2, 0.25) is 0 Å². The van der Waals surface area contributed by atoms with E-state index in [0.717, 1.165) is 44.5 Å². The van der Waals surface area contributed by atoms with Gasteiger partial charge in [-0.2, -0.15) is 0 Å². The fraction of sp³-hybridized carbons (Fsp3) is 0.316. The molecule has 0 fully saturated rings. The van der Waals surface area contributed by atoms with Gasteiger partial charge in [-0.1, -0.05) is 0 Å². The molecule has 0 radical (unpaired) electrons. The SMILES string of the molecule is CCOC(=O)c1sc(SC)c2c1CCc1c-2[nH]c2ccc(OC)cc12. The van der Waals surface area contributed by atoms with Gasteiger partial charge in [-0.3, -0.25) is 0 Å². The lowest BCUT2D eigenvalue weighted by atomic mass is 9.90. The number of carbonyl (C=O) groups excluding carboxylic acids is 1. The average molecular weight is 373 g/mol. The summed E-state index contributed by atoms with van der Waals surface area (Å²) in [4.78, 5) is 16.7. The maximum Gasteiger partial charge on any atom is 0.348 e. The summed E-state index contributed by atoms with van der Waals surface area (Å²) in [6.07, 6.45) is 3.82. The summed E-state index contributed by atoms with van der Waals surface area (Å²) in [5, 5.41) is 1.20. The van der Waals surface area contributed by atoms with E-state index in [2.05, 4.69) is 23.4 Å². The largest absolute Gasteiger partial charge is 0.497 e. The molecule has 0 spiro atoms. The van der Waals surface area contributed by atoms with Crippen molar-refractivity contribution in [2.45, 2.75) is 24.0 Å². The van der Waals surface area contributed by atoms with Gasteiger partial charge >= 0.3 is 5.97 Å². The van der Waals surface area contributed by atoms with Crippen LogP contribution < -0.4 is 4.74 Å². The zero-order chi connectivity index (χ0) is 17.6. The van der Waals surface area contributed by atoms with Crippen molar-refractivity contribution in [3.63, 3.8) is 0 Å². The summed E-state index contributed by atoms with van der Waals surface area (Å²) >= 11 is 3.24. The van der Waals surface area contributed by atoms with E-state index in [-0.39, 0.29) is 5.97 Å². The molecular formula is C19H19NO3S2. The van der Waals surface area contributed by atoms with Crippen molar-refractivity contribution in [1.82, 2.24) is 4.98 Å². The Bertz CT molecular complexity index is 971. The Balaban J connectivity index is 1.93. The molecule has 0 saturated heterocycles. The van der Waals surface area contributed by atoms with Gasteiger partial charge in [0.2, 0.25) is 0 Å². The van der Waals surface area contributed by atoms with Crippen molar-refractivity contribution < 1.29 is 14.3 Å². The second-order valence-corrected chi connectivity index (χ2v) is 7.98. The highest BCUT2D eigenvalue weighted by Gasteiger charge is 2.30. The Morgan fingerprint density at radius 2 is 2.12 bits per heavy atom. The lowest BCUT2D eigenvalue weighted by Crippen LogP contribution is -2.09. The summed E-state index contributed by atoms with van der Waals surface area (Å²) in [5.74, 6) is 0.660. The minimum atomic E-state index is -0.203. The van der Waals surface area contributed by atoms with Gasteiger partial charge in [0, 0.05) is 16.5 Å². The predicted molar refractivity (Wildman–Crippen MR) is 103 cm³/mol. The molecule has 0 saturated carbocycles. The zero-order valence-electron chi connectivity index (χ0n) is 14.4. The lowest BCUT2D eigenvalue weighted by Gasteiger charge is -2.15. The number of nitrogens with one attached hydrogen (secondary N) is 1. The first-order valence-corrected chi connectivity index (χ1v) is 10.3. The Kier molecular flexibility index (Phi) is 4.25. The quantitative estimate of drug-likeness (QED) is 0.522. The number of hydrogen-bond acceptors (Lipinski definition) is 5. The molecule has 4 nitrogen and oxygen atoms in total. The van der Waals surface area contributed by atoms with Crippen molar-refractivity contribution >= 4 is 40.0 Å². The summed E-state index contributed by atoms with van der Waals surface area (Å²) < 4.78 is 11.8. The number of hydrogen-bond donors (Lipinski definition) is 1. The summed E-state index contributed by atoms with van der Waals surface area (Å²) in [5.41, 5.74) is 5.86. The van der Waals surface area contributed by atoms with Crippen LogP contribution in [0.4, 0.5) is 0 Å². The molecule has 130 valence electrons. The van der Waals surface area contributed by atoms with Gasteiger partial charge in [-0.25, -0.2) is 4.79 Å². The van der Waals surface area contributed by atoms with E-state index < -0.39 is 0 Å². The number of benzene rings is 1. The molecule has 2 aromatic heterocycles. The van der Waals surface area contributed by atoms with Crippen LogP contribution in [0.25, 0.3) is 22.2 Å². The molecule has 0 unspecified atom stereocenters. The van der Waals surface area contributed by atoms with E-state index >= 15 is 0 Å². The van der Waals surface area contributed by atoms with E-state index in [1.807, 2.05) is 13.0 Å². The number of carbonyl (C=O) groups is 1. The number of aryl methyl sites for hydroxylation is 1. The molecule has 1 aliphatic carbocycles. The van der Waals surface area contributed by atoms with Gasteiger partial charge < -0.3 is 14.5 Å². The van der Waals surface area contributed by atoms with Crippen molar-refractivity contribution in [2.75, 3.05) is 20.0 Å². The normalized spacial score (nSPS) is 12.8. The van der Waals surface area contributed by atoms with E-state index in [0.29, 0.717) is 6.61 Å². The summed E-state index contributed by atoms with van der Waals surface area (Å²) in [6, 6.07) is 6.12. The minimum absolute atomic E-state index is 0.203. The van der Waals surface area contributed by atoms with E-state index in [1.165, 1.54) is 16.5 Å². The van der Waals surface area contributed by atoms with E-state index in [9.17, 15) is 4.79 Å². The van der Waals surface area contributed by atoms with Crippen LogP contribution >= 0.6 is 23.1 Å². The van der Waals surface area contributed by atoms with Gasteiger partial charge in [-0.05, 0) is 55.3 Å². The van der Waals surface area contributed by atoms with Crippen LogP contribution in [0.15, 0.2) is 22.4 Å². The summed E-state index contributed by atoms with van der Waals surface area (Å²) in [7, 11) is 1.69. The van der Waals surface area contributed by atoms with Crippen LogP contribution in [0.5, 0.6) is 5.75 Å². The third-order valence-corrected chi connectivity index (χ3v) is 6.94. The minimum Gasteiger partial charge on any atom is -0.497 e. The number of ether oxygens (including phenoxy) is 2. The maximum absolute atomic E-state index is 12.4. The van der Waals surface area contributed by atoms with Crippen LogP contribution in [-0.2, 0) is 17.6 Å². The number of aromatic amines is 1. The number of rotatable bonds is 4. The van der Waals surface area contributed by atoms with Gasteiger partial charge in [0.05, 0.1) is 23.6 Å². The predicted octanol–water partition coefficient (Wildman–Crippen LogP) is 4.90. The maximum atomic E-state index is 12.4. The Morgan fingerprint density at radius 3 is 2.84 bits per heavy atom. The number of methoxy groups -OCH3 is 1. The second kappa shape index (κ2) is 6.42. The molecule has 1 aromatic carbocycles. The molecule has 3 aromatic rings. The van der Waals surface area contributed by atoms with Gasteiger partial charge in [0.15, 0.2) is 0 Å². The van der Waals surface area contributed by atoms with Crippen LogP contribution in [0.3, 0.4) is 0 Å². The molecule has 4 rings (SSSR count). The number of thiophene rings is 1. The molecular weight excluding hydrogens is 354 g/mol. The topological polar surface area (TPSA) is 51.3 Å². The highest BCUT2D eigenvalue weighted by Crippen LogP contribution is 2.48. The molecule has 6 heteroatoms. The number of H-pyrrole nitrogens is 1. The van der Waals surface area contributed by atoms with Crippen LogP contribution in [-0.4, -0.2) is 30.9 Å². The third-order valence-electron chi connectivity index (χ3n) is 4.61. The highest BCUT2D eigenvalue weighted by molar-refractivity contribution is 8.00.